The molecule has 2 rings (SSSR count). The van der Waals surface area contributed by atoms with Crippen LogP contribution in [0.15, 0.2) is 22.7 Å². The molecule has 1 N–H and O–H groups in total. The van der Waals surface area contributed by atoms with Gasteiger partial charge in [-0.25, -0.2) is 4.79 Å². The van der Waals surface area contributed by atoms with Gasteiger partial charge in [0.15, 0.2) is 0 Å². The molecule has 2 amide bonds. The minimum absolute atomic E-state index is 0.0311. The van der Waals surface area contributed by atoms with Crippen molar-refractivity contribution < 1.29 is 4.79 Å². The maximum atomic E-state index is 12.3. The predicted molar refractivity (Wildman–Crippen MR) is 82.5 cm³/mol. The lowest BCUT2D eigenvalue weighted by atomic mass is 9.96. The maximum absolute atomic E-state index is 12.3. The summed E-state index contributed by atoms with van der Waals surface area (Å²) in [5.41, 5.74) is 1.97. The number of carbonyl (C=O) groups excluding carboxylic acids is 1. The number of urea groups is 1. The van der Waals surface area contributed by atoms with Gasteiger partial charge >= 0.3 is 6.03 Å². The summed E-state index contributed by atoms with van der Waals surface area (Å²) in [7, 11) is 0. The summed E-state index contributed by atoms with van der Waals surface area (Å²) in [6, 6.07) is 5.94. The van der Waals surface area contributed by atoms with Crippen LogP contribution in [-0.4, -0.2) is 24.0 Å². The van der Waals surface area contributed by atoms with E-state index in [9.17, 15) is 4.79 Å². The number of hydrogen-bond donors (Lipinski definition) is 1. The van der Waals surface area contributed by atoms with Crippen LogP contribution in [0.5, 0.6) is 0 Å². The number of hydrogen-bond acceptors (Lipinski definition) is 1. The molecule has 1 heterocycles. The van der Waals surface area contributed by atoms with Crippen LogP contribution in [0.2, 0.25) is 0 Å². The molecule has 0 saturated carbocycles. The fourth-order valence-corrected chi connectivity index (χ4v) is 3.02. The van der Waals surface area contributed by atoms with Crippen molar-refractivity contribution in [1.29, 1.82) is 0 Å². The lowest BCUT2D eigenvalue weighted by Gasteiger charge is -2.32. The molecule has 0 spiro atoms. The second-order valence-corrected chi connectivity index (χ2v) is 6.17. The number of aryl methyl sites for hydroxylation is 1. The molecule has 1 aromatic carbocycles. The zero-order valence-electron chi connectivity index (χ0n) is 11.6. The van der Waals surface area contributed by atoms with Crippen molar-refractivity contribution in [3.05, 3.63) is 28.2 Å². The summed E-state index contributed by atoms with van der Waals surface area (Å²) in [5, 5.41) is 3.02. The first-order valence-corrected chi connectivity index (χ1v) is 7.71. The number of carbonyl (C=O) groups is 1. The number of piperidine rings is 1. The molecule has 0 unspecified atom stereocenters. The standard InChI is InChI=1S/C15H21BrN2O/c1-3-12-5-4-8-18(10-12)15(19)17-14-7-6-13(16)9-11(14)2/h6-7,9,12H,3-5,8,10H2,1-2H3,(H,17,19)/t12-/m0/s1. The van der Waals surface area contributed by atoms with E-state index in [0.29, 0.717) is 5.92 Å². The van der Waals surface area contributed by atoms with Gasteiger partial charge in [0, 0.05) is 23.2 Å². The number of halogens is 1. The number of benzene rings is 1. The van der Waals surface area contributed by atoms with E-state index in [4.69, 9.17) is 0 Å². The molecule has 1 aromatic rings. The topological polar surface area (TPSA) is 32.3 Å². The number of nitrogens with zero attached hydrogens (tertiary/aromatic N) is 1. The summed E-state index contributed by atoms with van der Waals surface area (Å²) >= 11 is 3.43. The molecule has 1 atom stereocenters. The second kappa shape index (κ2) is 6.42. The Morgan fingerprint density at radius 2 is 2.32 bits per heavy atom. The normalized spacial score (nSPS) is 19.3. The minimum Gasteiger partial charge on any atom is -0.324 e. The van der Waals surface area contributed by atoms with E-state index in [1.165, 1.54) is 6.42 Å². The number of rotatable bonds is 2. The zero-order valence-corrected chi connectivity index (χ0v) is 13.2. The Bertz CT molecular complexity index is 461. The Morgan fingerprint density at radius 3 is 3.00 bits per heavy atom. The van der Waals surface area contributed by atoms with Crippen molar-refractivity contribution in [3.63, 3.8) is 0 Å². The van der Waals surface area contributed by atoms with Gasteiger partial charge in [0.2, 0.25) is 0 Å². The molecule has 0 aromatic heterocycles. The highest BCUT2D eigenvalue weighted by Gasteiger charge is 2.22. The smallest absolute Gasteiger partial charge is 0.321 e. The molecule has 1 fully saturated rings. The summed E-state index contributed by atoms with van der Waals surface area (Å²) in [5.74, 6) is 0.658. The first kappa shape index (κ1) is 14.4. The molecule has 0 radical (unpaired) electrons. The van der Waals surface area contributed by atoms with Gasteiger partial charge in [-0.3, -0.25) is 0 Å². The highest BCUT2D eigenvalue weighted by molar-refractivity contribution is 9.10. The third kappa shape index (κ3) is 3.72. The van der Waals surface area contributed by atoms with Crippen molar-refractivity contribution in [2.24, 2.45) is 5.92 Å². The molecule has 104 valence electrons. The molecule has 1 saturated heterocycles. The van der Waals surface area contributed by atoms with Crippen molar-refractivity contribution in [1.82, 2.24) is 4.90 Å². The van der Waals surface area contributed by atoms with E-state index in [1.54, 1.807) is 0 Å². The van der Waals surface area contributed by atoms with Gasteiger partial charge < -0.3 is 10.2 Å². The SMILES string of the molecule is CC[C@H]1CCCN(C(=O)Nc2ccc(Br)cc2C)C1. The van der Waals surface area contributed by atoms with Gasteiger partial charge in [0.25, 0.3) is 0 Å². The Morgan fingerprint density at radius 1 is 1.53 bits per heavy atom. The van der Waals surface area contributed by atoms with Crippen LogP contribution >= 0.6 is 15.9 Å². The fraction of sp³-hybridized carbons (Fsp3) is 0.533. The molecule has 3 nitrogen and oxygen atoms in total. The Kier molecular flexibility index (Phi) is 4.86. The van der Waals surface area contributed by atoms with E-state index >= 15 is 0 Å². The van der Waals surface area contributed by atoms with Crippen LogP contribution < -0.4 is 5.32 Å². The van der Waals surface area contributed by atoms with Gasteiger partial charge in [-0.05, 0) is 49.4 Å². The Labute approximate surface area is 123 Å². The summed E-state index contributed by atoms with van der Waals surface area (Å²) in [6.45, 7) is 5.96. The van der Waals surface area contributed by atoms with Crippen LogP contribution in [0.25, 0.3) is 0 Å². The van der Waals surface area contributed by atoms with Crippen LogP contribution in [0.1, 0.15) is 31.7 Å². The Hall–Kier alpha value is -1.03. The molecule has 1 aliphatic heterocycles. The first-order valence-electron chi connectivity index (χ1n) is 6.92. The molecule has 0 aliphatic carbocycles. The number of likely N-dealkylation sites (tertiary alicyclic amines) is 1. The van der Waals surface area contributed by atoms with Crippen molar-refractivity contribution in [2.45, 2.75) is 33.1 Å². The van der Waals surface area contributed by atoms with E-state index < -0.39 is 0 Å². The Balaban J connectivity index is 2.00. The quantitative estimate of drug-likeness (QED) is 0.858. The van der Waals surface area contributed by atoms with Crippen molar-refractivity contribution in [3.8, 4) is 0 Å². The van der Waals surface area contributed by atoms with Crippen molar-refractivity contribution in [2.75, 3.05) is 18.4 Å². The highest BCUT2D eigenvalue weighted by atomic mass is 79.9. The van der Waals surface area contributed by atoms with Gasteiger partial charge in [0.1, 0.15) is 0 Å². The molecule has 19 heavy (non-hydrogen) atoms. The van der Waals surface area contributed by atoms with Gasteiger partial charge in [-0.15, -0.1) is 0 Å². The lowest BCUT2D eigenvalue weighted by molar-refractivity contribution is 0.176. The molecule has 1 aliphatic rings. The average Bonchev–Trinajstić information content (AvgIpc) is 2.42. The third-order valence-electron chi connectivity index (χ3n) is 3.81. The molecule has 4 heteroatoms. The van der Waals surface area contributed by atoms with Gasteiger partial charge in [0.05, 0.1) is 0 Å². The minimum atomic E-state index is 0.0311. The van der Waals surface area contributed by atoms with Crippen LogP contribution in [0, 0.1) is 12.8 Å². The highest BCUT2D eigenvalue weighted by Crippen LogP contribution is 2.22. The molecular weight excluding hydrogens is 304 g/mol. The molecule has 0 bridgehead atoms. The van der Waals surface area contributed by atoms with E-state index in [-0.39, 0.29) is 6.03 Å². The summed E-state index contributed by atoms with van der Waals surface area (Å²) in [4.78, 5) is 14.2. The number of anilines is 1. The number of amides is 2. The second-order valence-electron chi connectivity index (χ2n) is 5.25. The number of nitrogens with one attached hydrogen (secondary N) is 1. The average molecular weight is 325 g/mol. The van der Waals surface area contributed by atoms with Crippen LogP contribution in [-0.2, 0) is 0 Å². The zero-order chi connectivity index (χ0) is 13.8. The first-order chi connectivity index (χ1) is 9.10. The maximum Gasteiger partial charge on any atom is 0.321 e. The van der Waals surface area contributed by atoms with Crippen LogP contribution in [0.3, 0.4) is 0 Å². The van der Waals surface area contributed by atoms with Gasteiger partial charge in [-0.1, -0.05) is 29.3 Å². The van der Waals surface area contributed by atoms with Gasteiger partial charge in [-0.2, -0.15) is 0 Å². The van der Waals surface area contributed by atoms with Crippen LogP contribution in [0.4, 0.5) is 10.5 Å². The summed E-state index contributed by atoms with van der Waals surface area (Å²) < 4.78 is 1.03. The van der Waals surface area contributed by atoms with Crippen molar-refractivity contribution >= 4 is 27.6 Å². The third-order valence-corrected chi connectivity index (χ3v) is 4.31. The lowest BCUT2D eigenvalue weighted by Crippen LogP contribution is -2.42. The van der Waals surface area contributed by atoms with E-state index in [0.717, 1.165) is 41.7 Å². The van der Waals surface area contributed by atoms with E-state index in [1.807, 2.05) is 30.0 Å². The molecular formula is C15H21BrN2O. The largest absolute Gasteiger partial charge is 0.324 e. The monoisotopic (exact) mass is 324 g/mol. The summed E-state index contributed by atoms with van der Waals surface area (Å²) in [6.07, 6.45) is 3.52. The fourth-order valence-electron chi connectivity index (χ4n) is 2.54. The predicted octanol–water partition coefficient (Wildman–Crippen LogP) is 4.41. The van der Waals surface area contributed by atoms with E-state index in [2.05, 4.69) is 28.2 Å².